The Morgan fingerprint density at radius 3 is 2.43 bits per heavy atom. The molecule has 6 nitrogen and oxygen atoms in total. The standard InChI is InChI=1S/C13H22F3N3O3S/c1-17-23(21,22)10-4-7-19(8-10)11(20)18-9-12(13(14,15)16)5-2-3-6-12/h10,17H,2-9H2,1H3,(H,18,20). The maximum Gasteiger partial charge on any atom is 0.396 e. The van der Waals surface area contributed by atoms with E-state index >= 15 is 0 Å². The molecule has 0 aromatic heterocycles. The fourth-order valence-corrected chi connectivity index (χ4v) is 4.43. The van der Waals surface area contributed by atoms with Gasteiger partial charge in [-0.2, -0.15) is 13.2 Å². The lowest BCUT2D eigenvalue weighted by molar-refractivity contribution is -0.219. The van der Waals surface area contributed by atoms with Crippen molar-refractivity contribution in [1.29, 1.82) is 0 Å². The van der Waals surface area contributed by atoms with E-state index in [4.69, 9.17) is 0 Å². The summed E-state index contributed by atoms with van der Waals surface area (Å²) in [6.45, 7) is -0.236. The van der Waals surface area contributed by atoms with Crippen molar-refractivity contribution in [2.45, 2.75) is 43.5 Å². The van der Waals surface area contributed by atoms with Gasteiger partial charge in [-0.25, -0.2) is 17.9 Å². The smallest absolute Gasteiger partial charge is 0.337 e. The number of rotatable bonds is 4. The molecule has 1 saturated carbocycles. The summed E-state index contributed by atoms with van der Waals surface area (Å²) < 4.78 is 65.4. The Balaban J connectivity index is 1.93. The fourth-order valence-electron chi connectivity index (χ4n) is 3.30. The molecule has 1 atom stereocenters. The van der Waals surface area contributed by atoms with Gasteiger partial charge in [0.05, 0.1) is 10.7 Å². The third-order valence-electron chi connectivity index (χ3n) is 4.90. The van der Waals surface area contributed by atoms with Crippen LogP contribution in [0.3, 0.4) is 0 Å². The molecule has 0 aromatic carbocycles. The van der Waals surface area contributed by atoms with Crippen LogP contribution >= 0.6 is 0 Å². The molecule has 2 N–H and O–H groups in total. The van der Waals surface area contributed by atoms with Crippen LogP contribution in [-0.4, -0.2) is 57.5 Å². The Bertz CT molecular complexity index is 544. The number of alkyl halides is 3. The van der Waals surface area contributed by atoms with Gasteiger partial charge in [-0.1, -0.05) is 12.8 Å². The van der Waals surface area contributed by atoms with E-state index in [1.54, 1.807) is 0 Å². The molecule has 0 bridgehead atoms. The van der Waals surface area contributed by atoms with Crippen molar-refractivity contribution in [3.05, 3.63) is 0 Å². The molecule has 2 amide bonds. The summed E-state index contributed by atoms with van der Waals surface area (Å²) in [5.41, 5.74) is -1.85. The lowest BCUT2D eigenvalue weighted by Gasteiger charge is -2.32. The summed E-state index contributed by atoms with van der Waals surface area (Å²) >= 11 is 0. The number of hydrogen-bond donors (Lipinski definition) is 2. The van der Waals surface area contributed by atoms with Crippen molar-refractivity contribution >= 4 is 16.1 Å². The predicted molar refractivity (Wildman–Crippen MR) is 78.3 cm³/mol. The first kappa shape index (κ1) is 18.3. The number of likely N-dealkylation sites (tertiary alicyclic amines) is 1. The number of amides is 2. The molecule has 2 fully saturated rings. The number of halogens is 3. The highest BCUT2D eigenvalue weighted by Gasteiger charge is 2.55. The first-order chi connectivity index (χ1) is 10.6. The van der Waals surface area contributed by atoms with Crippen molar-refractivity contribution in [2.75, 3.05) is 26.7 Å². The molecule has 0 radical (unpaired) electrons. The summed E-state index contributed by atoms with van der Waals surface area (Å²) in [5, 5.41) is 1.63. The van der Waals surface area contributed by atoms with Gasteiger partial charge < -0.3 is 10.2 Å². The average molecular weight is 357 g/mol. The van der Waals surface area contributed by atoms with E-state index in [1.807, 2.05) is 0 Å². The molecule has 1 unspecified atom stereocenters. The summed E-state index contributed by atoms with van der Waals surface area (Å²) in [7, 11) is -2.19. The van der Waals surface area contributed by atoms with E-state index in [1.165, 1.54) is 11.9 Å². The molecule has 1 aliphatic carbocycles. The number of carbonyl (C=O) groups excluding carboxylic acids is 1. The Morgan fingerprint density at radius 1 is 1.30 bits per heavy atom. The fraction of sp³-hybridized carbons (Fsp3) is 0.923. The predicted octanol–water partition coefficient (Wildman–Crippen LogP) is 1.44. The molecular formula is C13H22F3N3O3S. The second-order valence-electron chi connectivity index (χ2n) is 6.25. The first-order valence-electron chi connectivity index (χ1n) is 7.63. The number of carbonyl (C=O) groups is 1. The van der Waals surface area contributed by atoms with Gasteiger partial charge in [0.25, 0.3) is 0 Å². The molecular weight excluding hydrogens is 335 g/mol. The minimum atomic E-state index is -4.35. The van der Waals surface area contributed by atoms with E-state index in [2.05, 4.69) is 10.0 Å². The summed E-state index contributed by atoms with van der Waals surface area (Å²) in [6.07, 6.45) is -3.02. The molecule has 23 heavy (non-hydrogen) atoms. The Hall–Kier alpha value is -1.03. The van der Waals surface area contributed by atoms with Crippen LogP contribution in [0.25, 0.3) is 0 Å². The van der Waals surface area contributed by atoms with Crippen molar-refractivity contribution in [1.82, 2.24) is 14.9 Å². The molecule has 1 aliphatic heterocycles. The number of urea groups is 1. The van der Waals surface area contributed by atoms with Crippen LogP contribution in [0.5, 0.6) is 0 Å². The zero-order valence-corrected chi connectivity index (χ0v) is 13.8. The highest BCUT2D eigenvalue weighted by Crippen LogP contribution is 2.49. The molecule has 1 heterocycles. The third-order valence-corrected chi connectivity index (χ3v) is 6.73. The maximum absolute atomic E-state index is 13.3. The molecule has 0 spiro atoms. The van der Waals surface area contributed by atoms with Crippen molar-refractivity contribution in [2.24, 2.45) is 5.41 Å². The van der Waals surface area contributed by atoms with Gasteiger partial charge in [0, 0.05) is 19.6 Å². The zero-order valence-electron chi connectivity index (χ0n) is 12.9. The van der Waals surface area contributed by atoms with E-state index < -0.39 is 39.4 Å². The third kappa shape index (κ3) is 3.73. The second kappa shape index (κ2) is 6.46. The number of hydrogen-bond acceptors (Lipinski definition) is 3. The van der Waals surface area contributed by atoms with Crippen LogP contribution in [0.4, 0.5) is 18.0 Å². The van der Waals surface area contributed by atoms with Crippen LogP contribution in [-0.2, 0) is 10.0 Å². The molecule has 2 aliphatic rings. The molecule has 0 aromatic rings. The van der Waals surface area contributed by atoms with Gasteiger partial charge in [0.2, 0.25) is 10.0 Å². The molecule has 10 heteroatoms. The van der Waals surface area contributed by atoms with Crippen molar-refractivity contribution in [3.63, 3.8) is 0 Å². The van der Waals surface area contributed by atoms with Crippen molar-refractivity contribution < 1.29 is 26.4 Å². The molecule has 2 rings (SSSR count). The summed E-state index contributed by atoms with van der Waals surface area (Å²) in [5.74, 6) is 0. The van der Waals surface area contributed by atoms with Gasteiger partial charge in [0.1, 0.15) is 0 Å². The minimum Gasteiger partial charge on any atom is -0.337 e. The zero-order chi connectivity index (χ0) is 17.3. The van der Waals surface area contributed by atoms with Gasteiger partial charge >= 0.3 is 12.2 Å². The highest BCUT2D eigenvalue weighted by molar-refractivity contribution is 7.90. The van der Waals surface area contributed by atoms with Gasteiger partial charge in [0.15, 0.2) is 0 Å². The van der Waals surface area contributed by atoms with Crippen LogP contribution in [0.15, 0.2) is 0 Å². The van der Waals surface area contributed by atoms with Crippen LogP contribution < -0.4 is 10.0 Å². The van der Waals surface area contributed by atoms with Crippen LogP contribution in [0.1, 0.15) is 32.1 Å². The van der Waals surface area contributed by atoms with Crippen molar-refractivity contribution in [3.8, 4) is 0 Å². The van der Waals surface area contributed by atoms with Gasteiger partial charge in [-0.15, -0.1) is 0 Å². The monoisotopic (exact) mass is 357 g/mol. The topological polar surface area (TPSA) is 78.5 Å². The highest BCUT2D eigenvalue weighted by atomic mass is 32.2. The van der Waals surface area contributed by atoms with E-state index in [-0.39, 0.29) is 32.4 Å². The lowest BCUT2D eigenvalue weighted by Crippen LogP contribution is -2.49. The maximum atomic E-state index is 13.3. The SMILES string of the molecule is CNS(=O)(=O)C1CCN(C(=O)NCC2(C(F)(F)F)CCCC2)C1. The average Bonchev–Trinajstić information content (AvgIpc) is 3.14. The largest absolute Gasteiger partial charge is 0.396 e. The van der Waals surface area contributed by atoms with Crippen LogP contribution in [0.2, 0.25) is 0 Å². The first-order valence-corrected chi connectivity index (χ1v) is 9.18. The minimum absolute atomic E-state index is 0.00593. The van der Waals surface area contributed by atoms with Gasteiger partial charge in [-0.3, -0.25) is 0 Å². The normalized spacial score (nSPS) is 24.9. The summed E-state index contributed by atoms with van der Waals surface area (Å²) in [4.78, 5) is 13.3. The summed E-state index contributed by atoms with van der Waals surface area (Å²) in [6, 6.07) is -0.630. The number of nitrogens with one attached hydrogen (secondary N) is 2. The van der Waals surface area contributed by atoms with E-state index in [0.717, 1.165) is 0 Å². The Labute approximate surface area is 133 Å². The quantitative estimate of drug-likeness (QED) is 0.799. The molecule has 134 valence electrons. The van der Waals surface area contributed by atoms with E-state index in [9.17, 15) is 26.4 Å². The van der Waals surface area contributed by atoms with Gasteiger partial charge in [-0.05, 0) is 26.3 Å². The molecule has 1 saturated heterocycles. The Kier molecular flexibility index (Phi) is 5.15. The van der Waals surface area contributed by atoms with Crippen LogP contribution in [0, 0.1) is 5.41 Å². The van der Waals surface area contributed by atoms with E-state index in [0.29, 0.717) is 12.8 Å². The Morgan fingerprint density at radius 2 is 1.91 bits per heavy atom. The second-order valence-corrected chi connectivity index (χ2v) is 8.41. The number of nitrogens with zero attached hydrogens (tertiary/aromatic N) is 1. The lowest BCUT2D eigenvalue weighted by atomic mass is 9.85. The number of sulfonamides is 1.